The maximum Gasteiger partial charge on any atom is 0.312 e. The quantitative estimate of drug-likeness (QED) is 0.616. The highest BCUT2D eigenvalue weighted by Crippen LogP contribution is 2.47. The topological polar surface area (TPSA) is 46.5 Å². The van der Waals surface area contributed by atoms with E-state index in [1.807, 2.05) is 0 Å². The fourth-order valence-corrected chi connectivity index (χ4v) is 2.15. The first-order valence-electron chi connectivity index (χ1n) is 4.02. The SMILES string of the molecule is C[C@]1(C(=O)O)C[C@H]2CC[C@H]1O2. The summed E-state index contributed by atoms with van der Waals surface area (Å²) in [6, 6.07) is 0. The number of carbonyl (C=O) groups is 1. The summed E-state index contributed by atoms with van der Waals surface area (Å²) in [4.78, 5) is 10.8. The molecule has 3 heteroatoms. The van der Waals surface area contributed by atoms with Gasteiger partial charge in [0, 0.05) is 0 Å². The van der Waals surface area contributed by atoms with E-state index in [1.54, 1.807) is 6.92 Å². The molecule has 0 aromatic carbocycles. The van der Waals surface area contributed by atoms with Gasteiger partial charge in [0.15, 0.2) is 0 Å². The van der Waals surface area contributed by atoms with E-state index in [0.717, 1.165) is 12.8 Å². The van der Waals surface area contributed by atoms with Crippen LogP contribution in [0.5, 0.6) is 0 Å². The fourth-order valence-electron chi connectivity index (χ4n) is 2.15. The molecule has 1 N–H and O–H groups in total. The molecular formula is C8H12O3. The second-order valence-electron chi connectivity index (χ2n) is 3.75. The second kappa shape index (κ2) is 1.97. The molecule has 2 fully saturated rings. The Hall–Kier alpha value is -0.570. The van der Waals surface area contributed by atoms with E-state index >= 15 is 0 Å². The molecule has 0 spiro atoms. The molecule has 11 heavy (non-hydrogen) atoms. The summed E-state index contributed by atoms with van der Waals surface area (Å²) in [6.07, 6.45) is 2.87. The van der Waals surface area contributed by atoms with Crippen LogP contribution in [0.1, 0.15) is 26.2 Å². The van der Waals surface area contributed by atoms with Crippen molar-refractivity contribution in [3.8, 4) is 0 Å². The molecule has 3 atom stereocenters. The summed E-state index contributed by atoms with van der Waals surface area (Å²) in [6.45, 7) is 1.79. The van der Waals surface area contributed by atoms with E-state index < -0.39 is 11.4 Å². The largest absolute Gasteiger partial charge is 0.481 e. The van der Waals surface area contributed by atoms with Crippen LogP contribution in [0.4, 0.5) is 0 Å². The number of ether oxygens (including phenoxy) is 1. The molecule has 0 unspecified atom stereocenters. The molecule has 2 bridgehead atoms. The summed E-state index contributed by atoms with van der Waals surface area (Å²) in [5.74, 6) is -0.704. The molecular weight excluding hydrogens is 144 g/mol. The molecule has 2 aliphatic rings. The van der Waals surface area contributed by atoms with Crippen LogP contribution in [-0.4, -0.2) is 23.3 Å². The zero-order valence-electron chi connectivity index (χ0n) is 6.54. The van der Waals surface area contributed by atoms with Gasteiger partial charge in [0.2, 0.25) is 0 Å². The Morgan fingerprint density at radius 1 is 1.64 bits per heavy atom. The van der Waals surface area contributed by atoms with Crippen molar-refractivity contribution in [2.75, 3.05) is 0 Å². The lowest BCUT2D eigenvalue weighted by molar-refractivity contribution is -0.150. The summed E-state index contributed by atoms with van der Waals surface area (Å²) < 4.78 is 5.47. The van der Waals surface area contributed by atoms with Crippen molar-refractivity contribution < 1.29 is 14.6 Å². The number of hydrogen-bond donors (Lipinski definition) is 1. The van der Waals surface area contributed by atoms with Gasteiger partial charge in [-0.05, 0) is 26.2 Å². The highest BCUT2D eigenvalue weighted by Gasteiger charge is 2.54. The van der Waals surface area contributed by atoms with Crippen LogP contribution >= 0.6 is 0 Å². The molecule has 0 saturated carbocycles. The molecule has 0 radical (unpaired) electrons. The van der Waals surface area contributed by atoms with Gasteiger partial charge in [0.1, 0.15) is 0 Å². The molecule has 62 valence electrons. The van der Waals surface area contributed by atoms with E-state index in [4.69, 9.17) is 9.84 Å². The fraction of sp³-hybridized carbons (Fsp3) is 0.875. The number of fused-ring (bicyclic) bond motifs is 2. The van der Waals surface area contributed by atoms with Crippen LogP contribution in [0.2, 0.25) is 0 Å². The van der Waals surface area contributed by atoms with Gasteiger partial charge in [-0.25, -0.2) is 0 Å². The minimum Gasteiger partial charge on any atom is -0.481 e. The monoisotopic (exact) mass is 156 g/mol. The molecule has 0 aromatic rings. The first kappa shape index (κ1) is 7.10. The van der Waals surface area contributed by atoms with Crippen LogP contribution in [0.15, 0.2) is 0 Å². The molecule has 0 aromatic heterocycles. The number of hydrogen-bond acceptors (Lipinski definition) is 2. The van der Waals surface area contributed by atoms with Crippen molar-refractivity contribution in [2.45, 2.75) is 38.4 Å². The Kier molecular flexibility index (Phi) is 1.27. The molecule has 2 aliphatic heterocycles. The van der Waals surface area contributed by atoms with E-state index in [2.05, 4.69) is 0 Å². The van der Waals surface area contributed by atoms with Crippen LogP contribution in [-0.2, 0) is 9.53 Å². The number of aliphatic carboxylic acids is 1. The minimum absolute atomic E-state index is 0.0231. The molecule has 3 nitrogen and oxygen atoms in total. The minimum atomic E-state index is -0.704. The predicted molar refractivity (Wildman–Crippen MR) is 38.3 cm³/mol. The Bertz CT molecular complexity index is 202. The second-order valence-corrected chi connectivity index (χ2v) is 3.75. The number of rotatable bonds is 1. The third-order valence-electron chi connectivity index (χ3n) is 2.96. The van der Waals surface area contributed by atoms with Crippen LogP contribution in [0.3, 0.4) is 0 Å². The standard InChI is InChI=1S/C8H12O3/c1-8(7(9)10)4-5-2-3-6(8)11-5/h5-6H,2-4H2,1H3,(H,9,10)/t5-,6-,8+/m1/s1. The van der Waals surface area contributed by atoms with E-state index in [1.165, 1.54) is 0 Å². The molecule has 0 aliphatic carbocycles. The van der Waals surface area contributed by atoms with E-state index in [0.29, 0.717) is 6.42 Å². The third-order valence-corrected chi connectivity index (χ3v) is 2.96. The average Bonchev–Trinajstić information content (AvgIpc) is 2.45. The normalized spacial score (nSPS) is 48.1. The van der Waals surface area contributed by atoms with Gasteiger partial charge in [0.25, 0.3) is 0 Å². The smallest absolute Gasteiger partial charge is 0.312 e. The third kappa shape index (κ3) is 0.805. The van der Waals surface area contributed by atoms with Gasteiger partial charge in [-0.2, -0.15) is 0 Å². The van der Waals surface area contributed by atoms with Gasteiger partial charge in [0.05, 0.1) is 17.6 Å². The van der Waals surface area contributed by atoms with E-state index in [9.17, 15) is 4.79 Å². The van der Waals surface area contributed by atoms with Crippen LogP contribution in [0, 0.1) is 5.41 Å². The van der Waals surface area contributed by atoms with Crippen molar-refractivity contribution in [2.24, 2.45) is 5.41 Å². The molecule has 2 rings (SSSR count). The van der Waals surface area contributed by atoms with Crippen molar-refractivity contribution in [1.82, 2.24) is 0 Å². The zero-order chi connectivity index (χ0) is 8.06. The molecule has 2 saturated heterocycles. The van der Waals surface area contributed by atoms with Gasteiger partial charge in [-0.3, -0.25) is 4.79 Å². The van der Waals surface area contributed by atoms with Crippen LogP contribution in [0.25, 0.3) is 0 Å². The van der Waals surface area contributed by atoms with Gasteiger partial charge < -0.3 is 9.84 Å². The highest BCUT2D eigenvalue weighted by atomic mass is 16.5. The lowest BCUT2D eigenvalue weighted by Gasteiger charge is -2.25. The first-order valence-corrected chi connectivity index (χ1v) is 4.02. The number of carboxylic acids is 1. The lowest BCUT2D eigenvalue weighted by Crippen LogP contribution is -2.37. The lowest BCUT2D eigenvalue weighted by atomic mass is 9.76. The van der Waals surface area contributed by atoms with Gasteiger partial charge in [-0.1, -0.05) is 0 Å². The zero-order valence-corrected chi connectivity index (χ0v) is 6.54. The Balaban J connectivity index is 2.23. The van der Waals surface area contributed by atoms with Crippen molar-refractivity contribution in [1.29, 1.82) is 0 Å². The Morgan fingerprint density at radius 3 is 2.64 bits per heavy atom. The summed E-state index contributed by atoms with van der Waals surface area (Å²) in [5, 5.41) is 8.91. The van der Waals surface area contributed by atoms with Crippen molar-refractivity contribution in [3.63, 3.8) is 0 Å². The van der Waals surface area contributed by atoms with Crippen molar-refractivity contribution in [3.05, 3.63) is 0 Å². The van der Waals surface area contributed by atoms with E-state index in [-0.39, 0.29) is 12.2 Å². The maximum atomic E-state index is 10.8. The summed E-state index contributed by atoms with van der Waals surface area (Å²) in [7, 11) is 0. The highest BCUT2D eigenvalue weighted by molar-refractivity contribution is 5.75. The van der Waals surface area contributed by atoms with Gasteiger partial charge >= 0.3 is 5.97 Å². The van der Waals surface area contributed by atoms with Crippen molar-refractivity contribution >= 4 is 5.97 Å². The molecule has 0 amide bonds. The molecule has 2 heterocycles. The average molecular weight is 156 g/mol. The maximum absolute atomic E-state index is 10.8. The predicted octanol–water partition coefficient (Wildman–Crippen LogP) is 1.03. The Labute approximate surface area is 65.4 Å². The van der Waals surface area contributed by atoms with Gasteiger partial charge in [-0.15, -0.1) is 0 Å². The number of carboxylic acid groups (broad SMARTS) is 1. The van der Waals surface area contributed by atoms with Crippen LogP contribution < -0.4 is 0 Å². The first-order chi connectivity index (χ1) is 5.13. The summed E-state index contributed by atoms with van der Waals surface area (Å²) in [5.41, 5.74) is -0.594. The summed E-state index contributed by atoms with van der Waals surface area (Å²) >= 11 is 0. The Morgan fingerprint density at radius 2 is 2.36 bits per heavy atom.